The standard InChI is InChI=1S/C11H16O4S/c1-8-4-3-5-9(6-8)11(13)10(7-12)16(2,14)15/h3-6,10-13H,7H2,1-2H3/t10-,11+/m1/s1. The molecular formula is C11H16O4S. The molecule has 2 N–H and O–H groups in total. The lowest BCUT2D eigenvalue weighted by molar-refractivity contribution is 0.138. The molecule has 1 aromatic carbocycles. The van der Waals surface area contributed by atoms with E-state index < -0.39 is 27.8 Å². The summed E-state index contributed by atoms with van der Waals surface area (Å²) < 4.78 is 22.7. The summed E-state index contributed by atoms with van der Waals surface area (Å²) in [7, 11) is -3.48. The van der Waals surface area contributed by atoms with Gasteiger partial charge in [0, 0.05) is 6.26 Å². The molecule has 0 fully saturated rings. The Kier molecular flexibility index (Phi) is 4.07. The van der Waals surface area contributed by atoms with Gasteiger partial charge in [-0.05, 0) is 12.5 Å². The molecule has 2 atom stereocenters. The summed E-state index contributed by atoms with van der Waals surface area (Å²) in [5, 5.41) is 17.8. The highest BCUT2D eigenvalue weighted by Gasteiger charge is 2.29. The fourth-order valence-corrected chi connectivity index (χ4v) is 2.43. The molecule has 90 valence electrons. The van der Waals surface area contributed by atoms with Gasteiger partial charge >= 0.3 is 0 Å². The Labute approximate surface area is 95.5 Å². The van der Waals surface area contributed by atoms with Crippen LogP contribution in [0, 0.1) is 6.92 Å². The molecule has 0 aliphatic heterocycles. The van der Waals surface area contributed by atoms with Gasteiger partial charge in [0.2, 0.25) is 0 Å². The molecule has 0 aromatic heterocycles. The van der Waals surface area contributed by atoms with E-state index in [9.17, 15) is 13.5 Å². The predicted octanol–water partition coefficient (Wildman–Crippen LogP) is 0.434. The summed E-state index contributed by atoms with van der Waals surface area (Å²) in [5.74, 6) is 0. The van der Waals surface area contributed by atoms with E-state index in [1.165, 1.54) is 0 Å². The van der Waals surface area contributed by atoms with Crippen molar-refractivity contribution in [3.8, 4) is 0 Å². The molecule has 1 rings (SSSR count). The minimum absolute atomic E-state index is 0.504. The van der Waals surface area contributed by atoms with Crippen LogP contribution in [0.5, 0.6) is 0 Å². The Morgan fingerprint density at radius 2 is 2.00 bits per heavy atom. The molecule has 16 heavy (non-hydrogen) atoms. The number of aliphatic hydroxyl groups is 2. The number of aryl methyl sites for hydroxylation is 1. The van der Waals surface area contributed by atoms with Crippen LogP contribution in [-0.2, 0) is 9.84 Å². The van der Waals surface area contributed by atoms with Gasteiger partial charge in [-0.25, -0.2) is 8.42 Å². The number of hydrogen-bond donors (Lipinski definition) is 2. The Morgan fingerprint density at radius 1 is 1.38 bits per heavy atom. The van der Waals surface area contributed by atoms with Gasteiger partial charge in [-0.15, -0.1) is 0 Å². The van der Waals surface area contributed by atoms with Gasteiger partial charge in [0.05, 0.1) is 12.7 Å². The van der Waals surface area contributed by atoms with Crippen LogP contribution in [0.15, 0.2) is 24.3 Å². The topological polar surface area (TPSA) is 74.6 Å². The van der Waals surface area contributed by atoms with Crippen LogP contribution in [0.3, 0.4) is 0 Å². The fraction of sp³-hybridized carbons (Fsp3) is 0.455. The van der Waals surface area contributed by atoms with Crippen LogP contribution in [0.1, 0.15) is 17.2 Å². The highest BCUT2D eigenvalue weighted by Crippen LogP contribution is 2.22. The molecule has 0 aliphatic rings. The van der Waals surface area contributed by atoms with E-state index in [1.807, 2.05) is 13.0 Å². The van der Waals surface area contributed by atoms with Crippen LogP contribution < -0.4 is 0 Å². The van der Waals surface area contributed by atoms with Gasteiger partial charge in [-0.1, -0.05) is 29.8 Å². The quantitative estimate of drug-likeness (QED) is 0.805. The number of hydrogen-bond acceptors (Lipinski definition) is 4. The van der Waals surface area contributed by atoms with Crippen molar-refractivity contribution in [2.24, 2.45) is 0 Å². The maximum Gasteiger partial charge on any atom is 0.155 e. The third kappa shape index (κ3) is 3.04. The normalized spacial score (nSPS) is 15.8. The third-order valence-corrected chi connectivity index (χ3v) is 3.97. The van der Waals surface area contributed by atoms with Gasteiger partial charge in [-0.2, -0.15) is 0 Å². The zero-order chi connectivity index (χ0) is 12.3. The van der Waals surface area contributed by atoms with Crippen LogP contribution in [-0.4, -0.2) is 36.7 Å². The second kappa shape index (κ2) is 4.95. The fourth-order valence-electron chi connectivity index (χ4n) is 1.54. The van der Waals surface area contributed by atoms with E-state index in [4.69, 9.17) is 5.11 Å². The smallest absolute Gasteiger partial charge is 0.155 e. The molecular weight excluding hydrogens is 228 g/mol. The van der Waals surface area contributed by atoms with E-state index in [-0.39, 0.29) is 0 Å². The highest BCUT2D eigenvalue weighted by atomic mass is 32.2. The molecule has 1 aromatic rings. The third-order valence-electron chi connectivity index (χ3n) is 2.47. The lowest BCUT2D eigenvalue weighted by Crippen LogP contribution is -2.31. The predicted molar refractivity (Wildman–Crippen MR) is 61.9 cm³/mol. The first kappa shape index (κ1) is 13.2. The molecule has 0 radical (unpaired) electrons. The average Bonchev–Trinajstić information content (AvgIpc) is 2.16. The van der Waals surface area contributed by atoms with Crippen molar-refractivity contribution < 1.29 is 18.6 Å². The zero-order valence-electron chi connectivity index (χ0n) is 9.29. The molecule has 0 spiro atoms. The van der Waals surface area contributed by atoms with Crippen molar-refractivity contribution in [1.82, 2.24) is 0 Å². The van der Waals surface area contributed by atoms with Gasteiger partial charge in [-0.3, -0.25) is 0 Å². The summed E-state index contributed by atoms with van der Waals surface area (Å²) in [6.07, 6.45) is -0.188. The van der Waals surface area contributed by atoms with Gasteiger partial charge in [0.1, 0.15) is 5.25 Å². The maximum atomic E-state index is 11.3. The molecule has 0 saturated heterocycles. The summed E-state index contributed by atoms with van der Waals surface area (Å²) in [6, 6.07) is 6.94. The van der Waals surface area contributed by atoms with Gasteiger partial charge in [0.15, 0.2) is 9.84 Å². The molecule has 0 bridgehead atoms. The number of aliphatic hydroxyl groups excluding tert-OH is 2. The molecule has 4 nitrogen and oxygen atoms in total. The van der Waals surface area contributed by atoms with E-state index in [1.54, 1.807) is 18.2 Å². The summed E-state index contributed by atoms with van der Waals surface area (Å²) in [4.78, 5) is 0. The molecule has 0 aliphatic carbocycles. The van der Waals surface area contributed by atoms with E-state index in [0.717, 1.165) is 11.8 Å². The number of rotatable bonds is 4. The van der Waals surface area contributed by atoms with Gasteiger partial charge < -0.3 is 10.2 Å². The first-order valence-electron chi connectivity index (χ1n) is 4.90. The lowest BCUT2D eigenvalue weighted by atomic mass is 10.0. The Morgan fingerprint density at radius 3 is 2.44 bits per heavy atom. The van der Waals surface area contributed by atoms with Crippen LogP contribution in [0.4, 0.5) is 0 Å². The first-order chi connectivity index (χ1) is 7.36. The van der Waals surface area contributed by atoms with Crippen LogP contribution in [0.25, 0.3) is 0 Å². The average molecular weight is 244 g/mol. The second-order valence-electron chi connectivity index (χ2n) is 3.91. The Balaban J connectivity index is 3.05. The van der Waals surface area contributed by atoms with Crippen molar-refractivity contribution in [3.05, 3.63) is 35.4 Å². The first-order valence-corrected chi connectivity index (χ1v) is 6.86. The minimum atomic E-state index is -3.48. The largest absolute Gasteiger partial charge is 0.395 e. The van der Waals surface area contributed by atoms with Crippen molar-refractivity contribution in [3.63, 3.8) is 0 Å². The number of benzene rings is 1. The Hall–Kier alpha value is -0.910. The summed E-state index contributed by atoms with van der Waals surface area (Å²) in [6.45, 7) is 1.26. The van der Waals surface area contributed by atoms with Crippen molar-refractivity contribution in [2.45, 2.75) is 18.3 Å². The Bertz CT molecular complexity index is 453. The minimum Gasteiger partial charge on any atom is -0.395 e. The maximum absolute atomic E-state index is 11.3. The SMILES string of the molecule is Cc1cccc([C@H](O)[C@@H](CO)S(C)(=O)=O)c1. The molecule has 5 heteroatoms. The molecule has 0 amide bonds. The second-order valence-corrected chi connectivity index (χ2v) is 6.17. The van der Waals surface area contributed by atoms with E-state index in [0.29, 0.717) is 5.56 Å². The highest BCUT2D eigenvalue weighted by molar-refractivity contribution is 7.91. The zero-order valence-corrected chi connectivity index (χ0v) is 10.1. The molecule has 0 saturated carbocycles. The van der Waals surface area contributed by atoms with E-state index in [2.05, 4.69) is 0 Å². The van der Waals surface area contributed by atoms with Crippen molar-refractivity contribution in [1.29, 1.82) is 0 Å². The van der Waals surface area contributed by atoms with Gasteiger partial charge in [0.25, 0.3) is 0 Å². The summed E-state index contributed by atoms with van der Waals surface area (Å²) >= 11 is 0. The van der Waals surface area contributed by atoms with Crippen molar-refractivity contribution in [2.75, 3.05) is 12.9 Å². The molecule has 0 unspecified atom stereocenters. The lowest BCUT2D eigenvalue weighted by Gasteiger charge is -2.19. The summed E-state index contributed by atoms with van der Waals surface area (Å²) in [5.41, 5.74) is 1.44. The van der Waals surface area contributed by atoms with Crippen molar-refractivity contribution >= 4 is 9.84 Å². The monoisotopic (exact) mass is 244 g/mol. The molecule has 0 heterocycles. The van der Waals surface area contributed by atoms with Crippen LogP contribution in [0.2, 0.25) is 0 Å². The number of sulfone groups is 1. The van der Waals surface area contributed by atoms with E-state index >= 15 is 0 Å². The van der Waals surface area contributed by atoms with Crippen LogP contribution >= 0.6 is 0 Å².